The second-order valence-electron chi connectivity index (χ2n) is 4.79. The summed E-state index contributed by atoms with van der Waals surface area (Å²) >= 11 is 5.06. The number of carbonyl (C=O) groups is 1. The number of rotatable bonds is 3. The average molecular weight is 311 g/mol. The summed E-state index contributed by atoms with van der Waals surface area (Å²) in [6.07, 6.45) is 0. The maximum Gasteiger partial charge on any atom is 0.255 e. The second-order valence-corrected chi connectivity index (χ2v) is 5.15. The molecule has 1 heterocycles. The molecule has 0 aliphatic carbocycles. The third-order valence-electron chi connectivity index (χ3n) is 3.15. The van der Waals surface area contributed by atoms with Crippen LogP contribution in [0.5, 0.6) is 0 Å². The van der Waals surface area contributed by atoms with E-state index in [-0.39, 0.29) is 5.91 Å². The summed E-state index contributed by atoms with van der Waals surface area (Å²) in [6.45, 7) is 1.98. The highest BCUT2D eigenvalue weighted by Crippen LogP contribution is 2.15. The first kappa shape index (κ1) is 14.2. The summed E-state index contributed by atoms with van der Waals surface area (Å²) in [5.74, 6) is -0.163. The summed E-state index contributed by atoms with van der Waals surface area (Å²) in [7, 11) is 0. The lowest BCUT2D eigenvalue weighted by Gasteiger charge is -2.07. The zero-order chi connectivity index (χ0) is 15.5. The van der Waals surface area contributed by atoms with Crippen LogP contribution in [-0.4, -0.2) is 26.1 Å². The molecule has 0 radical (unpaired) electrons. The van der Waals surface area contributed by atoms with E-state index >= 15 is 0 Å². The van der Waals surface area contributed by atoms with E-state index in [9.17, 15) is 4.79 Å². The Labute approximate surface area is 131 Å². The third kappa shape index (κ3) is 2.94. The van der Waals surface area contributed by atoms with E-state index in [4.69, 9.17) is 12.2 Å². The van der Waals surface area contributed by atoms with Gasteiger partial charge in [-0.15, -0.1) is 0 Å². The van der Waals surface area contributed by atoms with Crippen LogP contribution in [0.25, 0.3) is 5.69 Å². The summed E-state index contributed by atoms with van der Waals surface area (Å²) in [5, 5.41) is 12.9. The van der Waals surface area contributed by atoms with Crippen LogP contribution in [-0.2, 0) is 0 Å². The molecule has 6 nitrogen and oxygen atoms in total. The minimum absolute atomic E-state index is 0.163. The largest absolute Gasteiger partial charge is 0.322 e. The summed E-state index contributed by atoms with van der Waals surface area (Å²) < 4.78 is 1.87. The molecule has 7 heteroatoms. The number of nitrogens with zero attached hydrogens (tertiary/aromatic N) is 3. The molecule has 0 bridgehead atoms. The molecule has 3 aromatic rings. The Balaban J connectivity index is 1.84. The van der Waals surface area contributed by atoms with Crippen molar-refractivity contribution < 1.29 is 4.79 Å². The minimum atomic E-state index is -0.163. The van der Waals surface area contributed by atoms with Gasteiger partial charge in [0, 0.05) is 11.3 Å². The molecule has 1 amide bonds. The SMILES string of the molecule is Cc1ccc(C(=O)Nc2cccc(-n3[nH]nnc3=S)c2)cc1. The number of hydrogen-bond acceptors (Lipinski definition) is 4. The summed E-state index contributed by atoms with van der Waals surface area (Å²) in [4.78, 5) is 12.2. The molecule has 3 rings (SSSR count). The predicted octanol–water partition coefficient (Wildman–Crippen LogP) is 2.89. The molecule has 2 N–H and O–H groups in total. The molecular formula is C15H13N5OS. The first-order valence-corrected chi connectivity index (χ1v) is 7.03. The lowest BCUT2D eigenvalue weighted by atomic mass is 10.1. The Kier molecular flexibility index (Phi) is 3.80. The minimum Gasteiger partial charge on any atom is -0.322 e. The zero-order valence-electron chi connectivity index (χ0n) is 11.8. The van der Waals surface area contributed by atoms with Crippen LogP contribution >= 0.6 is 12.2 Å². The van der Waals surface area contributed by atoms with Crippen molar-refractivity contribution in [3.8, 4) is 5.69 Å². The molecule has 2 aromatic carbocycles. The zero-order valence-corrected chi connectivity index (χ0v) is 12.6. The van der Waals surface area contributed by atoms with Crippen molar-refractivity contribution in [1.82, 2.24) is 20.2 Å². The number of tetrazole rings is 1. The van der Waals surface area contributed by atoms with Gasteiger partial charge in [-0.1, -0.05) is 34.1 Å². The topological polar surface area (TPSA) is 75.6 Å². The smallest absolute Gasteiger partial charge is 0.255 e. The van der Waals surface area contributed by atoms with Crippen molar-refractivity contribution >= 4 is 23.8 Å². The van der Waals surface area contributed by atoms with E-state index in [0.29, 0.717) is 16.0 Å². The molecule has 1 aromatic heterocycles. The van der Waals surface area contributed by atoms with Crippen LogP contribution in [0.1, 0.15) is 15.9 Å². The third-order valence-corrected chi connectivity index (χ3v) is 3.41. The van der Waals surface area contributed by atoms with Crippen molar-refractivity contribution in [2.45, 2.75) is 6.92 Å². The molecule has 0 spiro atoms. The van der Waals surface area contributed by atoms with E-state index in [0.717, 1.165) is 11.3 Å². The van der Waals surface area contributed by atoms with Gasteiger partial charge in [0.05, 0.1) is 5.69 Å². The van der Waals surface area contributed by atoms with Gasteiger partial charge >= 0.3 is 0 Å². The number of carbonyl (C=O) groups excluding carboxylic acids is 1. The van der Waals surface area contributed by atoms with Crippen LogP contribution < -0.4 is 5.32 Å². The number of aromatic amines is 1. The fraction of sp³-hybridized carbons (Fsp3) is 0.0667. The highest BCUT2D eigenvalue weighted by molar-refractivity contribution is 7.71. The molecule has 0 saturated heterocycles. The molecule has 0 unspecified atom stereocenters. The maximum absolute atomic E-state index is 12.2. The van der Waals surface area contributed by atoms with E-state index in [2.05, 4.69) is 20.8 Å². The van der Waals surface area contributed by atoms with Crippen LogP contribution in [0, 0.1) is 11.7 Å². The average Bonchev–Trinajstić information content (AvgIpc) is 2.94. The first-order valence-electron chi connectivity index (χ1n) is 6.62. The lowest BCUT2D eigenvalue weighted by molar-refractivity contribution is 0.102. The highest BCUT2D eigenvalue weighted by Gasteiger charge is 2.07. The molecule has 22 heavy (non-hydrogen) atoms. The Hall–Kier alpha value is -2.80. The van der Waals surface area contributed by atoms with E-state index < -0.39 is 0 Å². The number of nitrogens with one attached hydrogen (secondary N) is 2. The van der Waals surface area contributed by atoms with Gasteiger partial charge in [-0.3, -0.25) is 4.79 Å². The normalized spacial score (nSPS) is 10.4. The number of hydrogen-bond donors (Lipinski definition) is 2. The van der Waals surface area contributed by atoms with Gasteiger partial charge < -0.3 is 5.32 Å². The Bertz CT molecular complexity index is 866. The van der Waals surface area contributed by atoms with Gasteiger partial charge in [-0.2, -0.15) is 5.21 Å². The number of anilines is 1. The van der Waals surface area contributed by atoms with Crippen molar-refractivity contribution in [2.75, 3.05) is 5.32 Å². The van der Waals surface area contributed by atoms with Crippen LogP contribution in [0.2, 0.25) is 0 Å². The van der Waals surface area contributed by atoms with Crippen LogP contribution in [0.15, 0.2) is 48.5 Å². The first-order chi connectivity index (χ1) is 10.6. The van der Waals surface area contributed by atoms with Gasteiger partial charge in [-0.25, -0.2) is 4.68 Å². The van der Waals surface area contributed by atoms with Gasteiger partial charge in [0.1, 0.15) is 0 Å². The Morgan fingerprint density at radius 1 is 1.23 bits per heavy atom. The molecule has 110 valence electrons. The van der Waals surface area contributed by atoms with Crippen molar-refractivity contribution in [3.05, 3.63) is 64.4 Å². The number of benzene rings is 2. The van der Waals surface area contributed by atoms with Gasteiger partial charge in [0.25, 0.3) is 5.91 Å². The van der Waals surface area contributed by atoms with Gasteiger partial charge in [-0.05, 0) is 49.5 Å². The molecule has 0 fully saturated rings. The van der Waals surface area contributed by atoms with Gasteiger partial charge in [0.15, 0.2) is 0 Å². The Morgan fingerprint density at radius 3 is 2.68 bits per heavy atom. The molecule has 0 atom stereocenters. The number of amides is 1. The maximum atomic E-state index is 12.2. The van der Waals surface area contributed by atoms with Crippen LogP contribution in [0.4, 0.5) is 5.69 Å². The van der Waals surface area contributed by atoms with Crippen molar-refractivity contribution in [3.63, 3.8) is 0 Å². The summed E-state index contributed by atoms with van der Waals surface area (Å²) in [5.41, 5.74) is 3.13. The Morgan fingerprint density at radius 2 is 2.00 bits per heavy atom. The van der Waals surface area contributed by atoms with Crippen LogP contribution in [0.3, 0.4) is 0 Å². The van der Waals surface area contributed by atoms with Gasteiger partial charge in [0.2, 0.25) is 4.77 Å². The van der Waals surface area contributed by atoms with Crippen molar-refractivity contribution in [1.29, 1.82) is 0 Å². The fourth-order valence-corrected chi connectivity index (χ4v) is 2.18. The predicted molar refractivity (Wildman–Crippen MR) is 85.7 cm³/mol. The van der Waals surface area contributed by atoms with E-state index in [1.54, 1.807) is 22.9 Å². The fourth-order valence-electron chi connectivity index (χ4n) is 2.00. The summed E-state index contributed by atoms with van der Waals surface area (Å²) in [6, 6.07) is 14.7. The lowest BCUT2D eigenvalue weighted by Crippen LogP contribution is -2.12. The quantitative estimate of drug-likeness (QED) is 0.729. The number of aryl methyl sites for hydroxylation is 1. The monoisotopic (exact) mass is 311 g/mol. The molecule has 0 aliphatic rings. The number of H-pyrrole nitrogens is 1. The number of aromatic nitrogens is 4. The van der Waals surface area contributed by atoms with E-state index in [1.807, 2.05) is 37.3 Å². The standard InChI is InChI=1S/C15H13N5OS/c1-10-5-7-11(8-6-10)14(21)16-12-3-2-4-13(9-12)20-15(22)17-18-19-20/h2-9H,1H3,(H,16,21)(H,17,19,22). The molecule has 0 aliphatic heterocycles. The molecular weight excluding hydrogens is 298 g/mol. The van der Waals surface area contributed by atoms with Crippen molar-refractivity contribution in [2.24, 2.45) is 0 Å². The second kappa shape index (κ2) is 5.90. The van der Waals surface area contributed by atoms with E-state index in [1.165, 1.54) is 0 Å². The highest BCUT2D eigenvalue weighted by atomic mass is 32.1. The molecule has 0 saturated carbocycles.